The minimum absolute atomic E-state index is 0.000445. The van der Waals surface area contributed by atoms with Crippen LogP contribution in [0.4, 0.5) is 17.6 Å². The maximum absolute atomic E-state index is 14.1. The number of fused-ring (bicyclic) bond motifs is 3. The van der Waals surface area contributed by atoms with Gasteiger partial charge in [0, 0.05) is 13.0 Å². The molecule has 3 rings (SSSR count). The summed E-state index contributed by atoms with van der Waals surface area (Å²) in [6, 6.07) is 2.32. The van der Waals surface area contributed by atoms with E-state index in [1.165, 1.54) is 6.07 Å². The molecule has 1 aromatic carbocycles. The van der Waals surface area contributed by atoms with Crippen molar-refractivity contribution < 1.29 is 27.0 Å². The van der Waals surface area contributed by atoms with E-state index in [-0.39, 0.29) is 30.2 Å². The fourth-order valence-corrected chi connectivity index (χ4v) is 2.84. The summed E-state index contributed by atoms with van der Waals surface area (Å²) >= 11 is 0. The Kier molecular flexibility index (Phi) is 3.13. The Balaban J connectivity index is 1.92. The van der Waals surface area contributed by atoms with Crippen LogP contribution in [0.3, 0.4) is 0 Å². The lowest BCUT2D eigenvalue weighted by Gasteiger charge is -2.32. The second-order valence-electron chi connectivity index (χ2n) is 5.07. The maximum Gasteiger partial charge on any atom is 0.573 e. The lowest BCUT2D eigenvalue weighted by molar-refractivity contribution is -0.275. The predicted molar refractivity (Wildman–Crippen MR) is 61.9 cm³/mol. The SMILES string of the molecule is CC1CNC2c3ccc(OC(F)(F)F)c(F)c3CC2O1. The van der Waals surface area contributed by atoms with E-state index >= 15 is 0 Å². The molecular formula is C13H13F4NO2. The molecule has 0 aromatic heterocycles. The van der Waals surface area contributed by atoms with Gasteiger partial charge >= 0.3 is 6.36 Å². The van der Waals surface area contributed by atoms with Gasteiger partial charge in [-0.1, -0.05) is 6.07 Å². The normalized spacial score (nSPS) is 28.9. The molecule has 0 bridgehead atoms. The highest BCUT2D eigenvalue weighted by atomic mass is 19.4. The van der Waals surface area contributed by atoms with E-state index < -0.39 is 17.9 Å². The van der Waals surface area contributed by atoms with Crippen molar-refractivity contribution in [3.63, 3.8) is 0 Å². The highest BCUT2D eigenvalue weighted by Crippen LogP contribution is 2.40. The van der Waals surface area contributed by atoms with Crippen LogP contribution in [0.1, 0.15) is 24.1 Å². The third-order valence-corrected chi connectivity index (χ3v) is 3.61. The van der Waals surface area contributed by atoms with Crippen LogP contribution >= 0.6 is 0 Å². The zero-order chi connectivity index (χ0) is 14.5. The van der Waals surface area contributed by atoms with Crippen molar-refractivity contribution in [2.24, 2.45) is 0 Å². The van der Waals surface area contributed by atoms with Gasteiger partial charge in [0.25, 0.3) is 0 Å². The Morgan fingerprint density at radius 3 is 2.80 bits per heavy atom. The van der Waals surface area contributed by atoms with Gasteiger partial charge in [-0.05, 0) is 24.1 Å². The van der Waals surface area contributed by atoms with Crippen molar-refractivity contribution in [2.45, 2.75) is 38.0 Å². The van der Waals surface area contributed by atoms with Crippen molar-refractivity contribution in [2.75, 3.05) is 6.54 Å². The molecule has 1 saturated heterocycles. The lowest BCUT2D eigenvalue weighted by atomic mass is 10.1. The second-order valence-corrected chi connectivity index (χ2v) is 5.07. The summed E-state index contributed by atoms with van der Waals surface area (Å²) in [7, 11) is 0. The Labute approximate surface area is 112 Å². The zero-order valence-corrected chi connectivity index (χ0v) is 10.6. The number of ether oxygens (including phenoxy) is 2. The first-order valence-electron chi connectivity index (χ1n) is 6.31. The van der Waals surface area contributed by atoms with Gasteiger partial charge in [-0.25, -0.2) is 4.39 Å². The van der Waals surface area contributed by atoms with Crippen LogP contribution in [0.2, 0.25) is 0 Å². The molecule has 1 fully saturated rings. The van der Waals surface area contributed by atoms with Gasteiger partial charge < -0.3 is 14.8 Å². The van der Waals surface area contributed by atoms with Crippen LogP contribution in [0.5, 0.6) is 5.75 Å². The fourth-order valence-electron chi connectivity index (χ4n) is 2.84. The standard InChI is InChI=1S/C13H13F4NO2/c1-6-5-18-12-7-2-3-9(20-13(15,16)17)11(14)8(7)4-10(12)19-6/h2-3,6,10,12,18H,4-5H2,1H3. The topological polar surface area (TPSA) is 30.5 Å². The summed E-state index contributed by atoms with van der Waals surface area (Å²) in [6.07, 6.45) is -4.90. The summed E-state index contributed by atoms with van der Waals surface area (Å²) in [4.78, 5) is 0. The minimum Gasteiger partial charge on any atom is -0.403 e. The molecule has 1 aromatic rings. The quantitative estimate of drug-likeness (QED) is 0.807. The van der Waals surface area contributed by atoms with E-state index in [9.17, 15) is 17.6 Å². The van der Waals surface area contributed by atoms with E-state index in [1.807, 2.05) is 6.92 Å². The summed E-state index contributed by atoms with van der Waals surface area (Å²) in [5.74, 6) is -1.74. The molecular weight excluding hydrogens is 278 g/mol. The Hall–Kier alpha value is -1.34. The van der Waals surface area contributed by atoms with Crippen LogP contribution in [0.25, 0.3) is 0 Å². The van der Waals surface area contributed by atoms with Gasteiger partial charge in [0.05, 0.1) is 18.2 Å². The van der Waals surface area contributed by atoms with Gasteiger partial charge in [0.2, 0.25) is 0 Å². The number of hydrogen-bond donors (Lipinski definition) is 1. The predicted octanol–water partition coefficient (Wildman–Crippen LogP) is 2.70. The first-order valence-corrected chi connectivity index (χ1v) is 6.31. The van der Waals surface area contributed by atoms with Crippen molar-refractivity contribution in [1.82, 2.24) is 5.32 Å². The van der Waals surface area contributed by atoms with Gasteiger partial charge in [-0.3, -0.25) is 0 Å². The molecule has 1 aliphatic carbocycles. The molecule has 1 heterocycles. The molecule has 0 saturated carbocycles. The Morgan fingerprint density at radius 1 is 1.35 bits per heavy atom. The van der Waals surface area contributed by atoms with Gasteiger partial charge in [0.15, 0.2) is 11.6 Å². The monoisotopic (exact) mass is 291 g/mol. The van der Waals surface area contributed by atoms with E-state index in [0.717, 1.165) is 6.07 Å². The van der Waals surface area contributed by atoms with Crippen molar-refractivity contribution >= 4 is 0 Å². The Bertz CT molecular complexity index is 532. The lowest BCUT2D eigenvalue weighted by Crippen LogP contribution is -2.44. The molecule has 0 spiro atoms. The zero-order valence-electron chi connectivity index (χ0n) is 10.6. The molecule has 7 heteroatoms. The average Bonchev–Trinajstić information content (AvgIpc) is 2.69. The van der Waals surface area contributed by atoms with E-state index in [2.05, 4.69) is 10.1 Å². The smallest absolute Gasteiger partial charge is 0.403 e. The molecule has 3 unspecified atom stereocenters. The average molecular weight is 291 g/mol. The number of nitrogens with one attached hydrogen (secondary N) is 1. The molecule has 3 nitrogen and oxygen atoms in total. The van der Waals surface area contributed by atoms with Crippen LogP contribution in [-0.4, -0.2) is 25.1 Å². The van der Waals surface area contributed by atoms with E-state index in [0.29, 0.717) is 12.1 Å². The number of hydrogen-bond acceptors (Lipinski definition) is 3. The fraction of sp³-hybridized carbons (Fsp3) is 0.538. The van der Waals surface area contributed by atoms with E-state index in [4.69, 9.17) is 4.74 Å². The molecule has 2 aliphatic rings. The number of morpholine rings is 1. The molecule has 1 N–H and O–H groups in total. The van der Waals surface area contributed by atoms with Crippen LogP contribution < -0.4 is 10.1 Å². The largest absolute Gasteiger partial charge is 0.573 e. The first-order chi connectivity index (χ1) is 9.35. The number of alkyl halides is 3. The van der Waals surface area contributed by atoms with E-state index in [1.54, 1.807) is 0 Å². The molecule has 0 amide bonds. The molecule has 20 heavy (non-hydrogen) atoms. The minimum atomic E-state index is -4.90. The third-order valence-electron chi connectivity index (χ3n) is 3.61. The van der Waals surface area contributed by atoms with Crippen LogP contribution in [0, 0.1) is 5.82 Å². The first kappa shape index (κ1) is 13.6. The van der Waals surface area contributed by atoms with Crippen molar-refractivity contribution in [3.05, 3.63) is 29.1 Å². The number of halogens is 4. The highest BCUT2D eigenvalue weighted by molar-refractivity contribution is 5.44. The maximum atomic E-state index is 14.1. The third kappa shape index (κ3) is 2.35. The van der Waals surface area contributed by atoms with Crippen LogP contribution in [-0.2, 0) is 11.2 Å². The van der Waals surface area contributed by atoms with Crippen LogP contribution in [0.15, 0.2) is 12.1 Å². The Morgan fingerprint density at radius 2 is 2.10 bits per heavy atom. The van der Waals surface area contributed by atoms with Gasteiger partial charge in [-0.15, -0.1) is 13.2 Å². The molecule has 1 aliphatic heterocycles. The summed E-state index contributed by atoms with van der Waals surface area (Å²) < 4.78 is 60.1. The molecule has 110 valence electrons. The van der Waals surface area contributed by atoms with Gasteiger partial charge in [-0.2, -0.15) is 0 Å². The summed E-state index contributed by atoms with van der Waals surface area (Å²) in [6.45, 7) is 2.52. The summed E-state index contributed by atoms with van der Waals surface area (Å²) in [5.41, 5.74) is 0.886. The molecule has 3 atom stereocenters. The summed E-state index contributed by atoms with van der Waals surface area (Å²) in [5, 5.41) is 3.23. The number of rotatable bonds is 1. The van der Waals surface area contributed by atoms with Crippen molar-refractivity contribution in [3.8, 4) is 5.75 Å². The highest BCUT2D eigenvalue weighted by Gasteiger charge is 2.40. The van der Waals surface area contributed by atoms with Crippen molar-refractivity contribution in [1.29, 1.82) is 0 Å². The molecule has 0 radical (unpaired) electrons. The van der Waals surface area contributed by atoms with Gasteiger partial charge in [0.1, 0.15) is 0 Å². The number of benzene rings is 1. The second kappa shape index (κ2) is 4.60.